The van der Waals surface area contributed by atoms with Crippen LogP contribution in [-0.2, 0) is 13.6 Å². The van der Waals surface area contributed by atoms with Crippen LogP contribution in [0.15, 0.2) is 46.1 Å². The van der Waals surface area contributed by atoms with E-state index in [1.165, 1.54) is 42.1 Å². The Bertz CT molecular complexity index is 746. The standard InChI is InChI=1S/C13H11FN2O3/c1-15-7-6-12(18)16(13(15)19)8-11(17)9-4-2-3-5-10(9)14/h2-7H,8H2,1H3. The zero-order valence-electron chi connectivity index (χ0n) is 10.2. The maximum Gasteiger partial charge on any atom is 0.331 e. The molecule has 5 nitrogen and oxygen atoms in total. The number of halogens is 1. The van der Waals surface area contributed by atoms with Crippen LogP contribution >= 0.6 is 0 Å². The van der Waals surface area contributed by atoms with E-state index in [2.05, 4.69) is 0 Å². The topological polar surface area (TPSA) is 61.1 Å². The van der Waals surface area contributed by atoms with Crippen molar-refractivity contribution in [3.05, 3.63) is 68.7 Å². The van der Waals surface area contributed by atoms with Gasteiger partial charge in [-0.2, -0.15) is 0 Å². The van der Waals surface area contributed by atoms with Crippen molar-refractivity contribution in [1.82, 2.24) is 9.13 Å². The van der Waals surface area contributed by atoms with Gasteiger partial charge in [-0.3, -0.25) is 14.2 Å². The predicted molar refractivity (Wildman–Crippen MR) is 66.7 cm³/mol. The summed E-state index contributed by atoms with van der Waals surface area (Å²) in [5, 5.41) is 0. The second-order valence-corrected chi connectivity index (χ2v) is 4.04. The van der Waals surface area contributed by atoms with Crippen molar-refractivity contribution >= 4 is 5.78 Å². The van der Waals surface area contributed by atoms with Crippen molar-refractivity contribution in [2.45, 2.75) is 6.54 Å². The number of benzene rings is 1. The second kappa shape index (κ2) is 5.01. The first-order valence-corrected chi connectivity index (χ1v) is 5.55. The van der Waals surface area contributed by atoms with E-state index in [1.54, 1.807) is 0 Å². The number of nitrogens with zero attached hydrogens (tertiary/aromatic N) is 2. The first-order chi connectivity index (χ1) is 9.00. The number of ketones is 1. The van der Waals surface area contributed by atoms with Gasteiger partial charge in [-0.05, 0) is 12.1 Å². The number of carbonyl (C=O) groups is 1. The molecule has 0 atom stereocenters. The zero-order chi connectivity index (χ0) is 14.0. The van der Waals surface area contributed by atoms with Crippen LogP contribution in [0.25, 0.3) is 0 Å². The van der Waals surface area contributed by atoms with E-state index in [4.69, 9.17) is 0 Å². The number of hydrogen-bond acceptors (Lipinski definition) is 3. The number of aryl methyl sites for hydroxylation is 1. The van der Waals surface area contributed by atoms with Crippen LogP contribution in [0.4, 0.5) is 4.39 Å². The molecule has 2 rings (SSSR count). The number of rotatable bonds is 3. The van der Waals surface area contributed by atoms with Crippen molar-refractivity contribution in [3.8, 4) is 0 Å². The summed E-state index contributed by atoms with van der Waals surface area (Å²) in [6.45, 7) is -0.479. The monoisotopic (exact) mass is 262 g/mol. The molecule has 98 valence electrons. The van der Waals surface area contributed by atoms with Crippen LogP contribution in [0.5, 0.6) is 0 Å². The number of Topliss-reactive ketones (excluding diaryl/α,β-unsaturated/α-hetero) is 1. The van der Waals surface area contributed by atoms with E-state index < -0.39 is 29.4 Å². The smallest absolute Gasteiger partial charge is 0.303 e. The molecular formula is C13H11FN2O3. The van der Waals surface area contributed by atoms with Gasteiger partial charge in [0.15, 0.2) is 5.78 Å². The molecule has 0 aliphatic carbocycles. The summed E-state index contributed by atoms with van der Waals surface area (Å²) in [6, 6.07) is 6.62. The second-order valence-electron chi connectivity index (χ2n) is 4.04. The van der Waals surface area contributed by atoms with Gasteiger partial charge >= 0.3 is 5.69 Å². The normalized spacial score (nSPS) is 10.4. The molecule has 0 N–H and O–H groups in total. The molecule has 0 unspecified atom stereocenters. The molecule has 0 radical (unpaired) electrons. The van der Waals surface area contributed by atoms with Gasteiger partial charge in [0.05, 0.1) is 12.1 Å². The Hall–Kier alpha value is -2.50. The van der Waals surface area contributed by atoms with E-state index >= 15 is 0 Å². The molecule has 0 bridgehead atoms. The molecule has 0 saturated carbocycles. The lowest BCUT2D eigenvalue weighted by Crippen LogP contribution is -2.39. The average Bonchev–Trinajstić information content (AvgIpc) is 2.39. The third kappa shape index (κ3) is 2.52. The Morgan fingerprint density at radius 3 is 2.58 bits per heavy atom. The van der Waals surface area contributed by atoms with Gasteiger partial charge in [0.25, 0.3) is 5.56 Å². The van der Waals surface area contributed by atoms with E-state index in [0.717, 1.165) is 10.6 Å². The third-order valence-corrected chi connectivity index (χ3v) is 2.72. The molecule has 1 aromatic heterocycles. The van der Waals surface area contributed by atoms with E-state index in [-0.39, 0.29) is 5.56 Å². The summed E-state index contributed by atoms with van der Waals surface area (Å²) in [6.07, 6.45) is 1.31. The summed E-state index contributed by atoms with van der Waals surface area (Å²) in [7, 11) is 1.46. The molecule has 2 aromatic rings. The largest absolute Gasteiger partial charge is 0.331 e. The first-order valence-electron chi connectivity index (χ1n) is 5.55. The third-order valence-electron chi connectivity index (χ3n) is 2.72. The van der Waals surface area contributed by atoms with E-state index in [1.807, 2.05) is 0 Å². The number of hydrogen-bond donors (Lipinski definition) is 0. The van der Waals surface area contributed by atoms with Crippen LogP contribution in [0.2, 0.25) is 0 Å². The molecule has 0 aliphatic rings. The Labute approximate surface area is 107 Å². The Kier molecular flexibility index (Phi) is 3.41. The molecule has 19 heavy (non-hydrogen) atoms. The fraction of sp³-hybridized carbons (Fsp3) is 0.154. The summed E-state index contributed by atoms with van der Waals surface area (Å²) < 4.78 is 15.4. The van der Waals surface area contributed by atoms with Crippen molar-refractivity contribution in [1.29, 1.82) is 0 Å². The van der Waals surface area contributed by atoms with Crippen LogP contribution in [0, 0.1) is 5.82 Å². The molecule has 6 heteroatoms. The highest BCUT2D eigenvalue weighted by Gasteiger charge is 2.14. The highest BCUT2D eigenvalue weighted by Crippen LogP contribution is 2.07. The molecule has 0 saturated heterocycles. The minimum atomic E-state index is -0.673. The van der Waals surface area contributed by atoms with Gasteiger partial charge in [-0.25, -0.2) is 9.18 Å². The first kappa shape index (κ1) is 12.9. The molecule has 1 aromatic carbocycles. The van der Waals surface area contributed by atoms with Crippen LogP contribution in [0.1, 0.15) is 10.4 Å². The lowest BCUT2D eigenvalue weighted by atomic mass is 10.1. The van der Waals surface area contributed by atoms with E-state index in [9.17, 15) is 18.8 Å². The van der Waals surface area contributed by atoms with Gasteiger partial charge in [0.1, 0.15) is 5.82 Å². The quantitative estimate of drug-likeness (QED) is 0.760. The maximum atomic E-state index is 13.4. The Morgan fingerprint density at radius 2 is 1.89 bits per heavy atom. The van der Waals surface area contributed by atoms with Gasteiger partial charge in [0.2, 0.25) is 0 Å². The van der Waals surface area contributed by atoms with Crippen molar-refractivity contribution < 1.29 is 9.18 Å². The molecule has 0 spiro atoms. The lowest BCUT2D eigenvalue weighted by molar-refractivity contribution is 0.0964. The van der Waals surface area contributed by atoms with Gasteiger partial charge in [0, 0.05) is 19.3 Å². The summed E-state index contributed by atoms with van der Waals surface area (Å²) in [5.41, 5.74) is -1.34. The van der Waals surface area contributed by atoms with Crippen LogP contribution < -0.4 is 11.2 Å². The highest BCUT2D eigenvalue weighted by atomic mass is 19.1. The van der Waals surface area contributed by atoms with Crippen molar-refractivity contribution in [2.75, 3.05) is 0 Å². The number of aromatic nitrogens is 2. The minimum Gasteiger partial charge on any atom is -0.303 e. The fourth-order valence-corrected chi connectivity index (χ4v) is 1.68. The lowest BCUT2D eigenvalue weighted by Gasteiger charge is -2.06. The Morgan fingerprint density at radius 1 is 1.21 bits per heavy atom. The minimum absolute atomic E-state index is 0.139. The fourth-order valence-electron chi connectivity index (χ4n) is 1.68. The Balaban J connectivity index is 2.41. The summed E-state index contributed by atoms with van der Waals surface area (Å²) >= 11 is 0. The predicted octanol–water partition coefficient (Wildman–Crippen LogP) is 0.569. The average molecular weight is 262 g/mol. The zero-order valence-corrected chi connectivity index (χ0v) is 10.2. The molecule has 0 fully saturated rings. The molecule has 0 aliphatic heterocycles. The molecule has 1 heterocycles. The van der Waals surface area contributed by atoms with Gasteiger partial charge < -0.3 is 4.57 Å². The molecule has 0 amide bonds. The number of carbonyl (C=O) groups excluding carboxylic acids is 1. The van der Waals surface area contributed by atoms with Gasteiger partial charge in [-0.15, -0.1) is 0 Å². The highest BCUT2D eigenvalue weighted by molar-refractivity contribution is 5.96. The van der Waals surface area contributed by atoms with Crippen molar-refractivity contribution in [2.24, 2.45) is 7.05 Å². The summed E-state index contributed by atoms with van der Waals surface area (Å²) in [5.74, 6) is -1.29. The maximum absolute atomic E-state index is 13.4. The summed E-state index contributed by atoms with van der Waals surface area (Å²) in [4.78, 5) is 35.2. The van der Waals surface area contributed by atoms with Crippen LogP contribution in [0.3, 0.4) is 0 Å². The SMILES string of the molecule is Cn1ccc(=O)n(CC(=O)c2ccccc2F)c1=O. The van der Waals surface area contributed by atoms with Crippen molar-refractivity contribution in [3.63, 3.8) is 0 Å². The molecular weight excluding hydrogens is 251 g/mol. The van der Waals surface area contributed by atoms with E-state index in [0.29, 0.717) is 0 Å². The van der Waals surface area contributed by atoms with Crippen LogP contribution in [-0.4, -0.2) is 14.9 Å². The van der Waals surface area contributed by atoms with Gasteiger partial charge in [-0.1, -0.05) is 12.1 Å².